The van der Waals surface area contributed by atoms with Crippen molar-refractivity contribution in [1.82, 2.24) is 10.2 Å². The Morgan fingerprint density at radius 2 is 2.09 bits per heavy atom. The minimum Gasteiger partial charge on any atom is -0.482 e. The lowest BCUT2D eigenvalue weighted by molar-refractivity contribution is -0.118. The first-order valence-electron chi connectivity index (χ1n) is 7.82. The van der Waals surface area contributed by atoms with Crippen molar-refractivity contribution in [3.8, 4) is 5.75 Å². The van der Waals surface area contributed by atoms with E-state index < -0.39 is 0 Å². The Balaban J connectivity index is 1.63. The third-order valence-electron chi connectivity index (χ3n) is 4.75. The van der Waals surface area contributed by atoms with Gasteiger partial charge in [-0.1, -0.05) is 0 Å². The van der Waals surface area contributed by atoms with Gasteiger partial charge in [-0.15, -0.1) is 0 Å². The van der Waals surface area contributed by atoms with Crippen LogP contribution in [0.5, 0.6) is 5.75 Å². The summed E-state index contributed by atoms with van der Waals surface area (Å²) < 4.78 is 5.34. The summed E-state index contributed by atoms with van der Waals surface area (Å²) in [6, 6.07) is 5.89. The van der Waals surface area contributed by atoms with E-state index in [4.69, 9.17) is 4.74 Å². The van der Waals surface area contributed by atoms with Crippen LogP contribution in [0, 0.1) is 0 Å². The van der Waals surface area contributed by atoms with Crippen LogP contribution in [-0.2, 0) is 4.79 Å². The van der Waals surface area contributed by atoms with Gasteiger partial charge in [-0.25, -0.2) is 0 Å². The molecule has 1 aromatic carbocycles. The van der Waals surface area contributed by atoms with Crippen molar-refractivity contribution in [2.24, 2.45) is 0 Å². The number of nitrogens with one attached hydrogen (secondary N) is 2. The number of carbonyl (C=O) groups is 2. The monoisotopic (exact) mass is 301 g/mol. The molecule has 3 heterocycles. The molecular formula is C16H19N3O3. The summed E-state index contributed by atoms with van der Waals surface area (Å²) >= 11 is 0. The first-order valence-corrected chi connectivity index (χ1v) is 7.82. The Bertz CT molecular complexity index is 617. The molecule has 6 nitrogen and oxygen atoms in total. The second-order valence-electron chi connectivity index (χ2n) is 6.14. The molecule has 4 rings (SSSR count). The van der Waals surface area contributed by atoms with Crippen molar-refractivity contribution in [2.75, 3.05) is 25.0 Å². The standard InChI is InChI=1S/C16H19N3O3/c20-15-9-22-14-4-1-10(7-13(14)18-15)16(21)19-11-2-3-12(19)8-17-6-5-11/h1,4,7,11-12,17H,2-3,5-6,8-9H2,(H,18,20). The van der Waals surface area contributed by atoms with Crippen LogP contribution < -0.4 is 15.4 Å². The van der Waals surface area contributed by atoms with Crippen molar-refractivity contribution in [3.63, 3.8) is 0 Å². The molecule has 3 aliphatic heterocycles. The van der Waals surface area contributed by atoms with E-state index in [1.54, 1.807) is 18.2 Å². The third-order valence-corrected chi connectivity index (χ3v) is 4.75. The van der Waals surface area contributed by atoms with E-state index in [1.165, 1.54) is 0 Å². The van der Waals surface area contributed by atoms with Gasteiger partial charge in [-0.2, -0.15) is 0 Å². The van der Waals surface area contributed by atoms with Gasteiger partial charge < -0.3 is 20.3 Å². The zero-order valence-corrected chi connectivity index (χ0v) is 12.3. The van der Waals surface area contributed by atoms with Crippen LogP contribution >= 0.6 is 0 Å². The minimum absolute atomic E-state index is 0.0300. The molecule has 0 aromatic heterocycles. The van der Waals surface area contributed by atoms with E-state index in [1.807, 2.05) is 4.90 Å². The van der Waals surface area contributed by atoms with E-state index in [0.717, 1.165) is 32.4 Å². The molecule has 0 aliphatic carbocycles. The third kappa shape index (κ3) is 2.23. The molecule has 2 unspecified atom stereocenters. The highest BCUT2D eigenvalue weighted by Crippen LogP contribution is 2.32. The lowest BCUT2D eigenvalue weighted by Crippen LogP contribution is -2.42. The van der Waals surface area contributed by atoms with Crippen molar-refractivity contribution in [3.05, 3.63) is 23.8 Å². The summed E-state index contributed by atoms with van der Waals surface area (Å²) in [5, 5.41) is 6.16. The van der Waals surface area contributed by atoms with Crippen LogP contribution in [0.15, 0.2) is 18.2 Å². The van der Waals surface area contributed by atoms with Gasteiger partial charge in [-0.3, -0.25) is 9.59 Å². The predicted octanol–water partition coefficient (Wildman–Crippen LogP) is 0.984. The van der Waals surface area contributed by atoms with Crippen LogP contribution in [0.4, 0.5) is 5.69 Å². The largest absolute Gasteiger partial charge is 0.482 e. The van der Waals surface area contributed by atoms with Crippen LogP contribution in [0.3, 0.4) is 0 Å². The fourth-order valence-corrected chi connectivity index (χ4v) is 3.68. The normalized spacial score (nSPS) is 26.7. The molecule has 2 N–H and O–H groups in total. The molecule has 1 aromatic rings. The summed E-state index contributed by atoms with van der Waals surface area (Å²) in [6.45, 7) is 1.87. The first kappa shape index (κ1) is 13.6. The highest BCUT2D eigenvalue weighted by atomic mass is 16.5. The predicted molar refractivity (Wildman–Crippen MR) is 81.0 cm³/mol. The average Bonchev–Trinajstić information content (AvgIpc) is 2.78. The lowest BCUT2D eigenvalue weighted by atomic mass is 10.1. The number of fused-ring (bicyclic) bond motifs is 3. The Hall–Kier alpha value is -2.08. The summed E-state index contributed by atoms with van der Waals surface area (Å²) in [5.41, 5.74) is 1.20. The number of rotatable bonds is 1. The zero-order chi connectivity index (χ0) is 15.1. The molecule has 116 valence electrons. The number of amides is 2. The van der Waals surface area contributed by atoms with Gasteiger partial charge in [0, 0.05) is 24.2 Å². The molecule has 2 atom stereocenters. The summed E-state index contributed by atoms with van der Waals surface area (Å²) in [4.78, 5) is 26.4. The van der Waals surface area contributed by atoms with Gasteiger partial charge in [0.25, 0.3) is 11.8 Å². The number of hydrogen-bond acceptors (Lipinski definition) is 4. The van der Waals surface area contributed by atoms with Crippen molar-refractivity contribution >= 4 is 17.5 Å². The molecule has 2 saturated heterocycles. The number of benzene rings is 1. The van der Waals surface area contributed by atoms with Crippen LogP contribution in [-0.4, -0.2) is 48.5 Å². The van der Waals surface area contributed by atoms with Crippen molar-refractivity contribution in [2.45, 2.75) is 31.3 Å². The van der Waals surface area contributed by atoms with Gasteiger partial charge in [0.1, 0.15) is 5.75 Å². The van der Waals surface area contributed by atoms with Crippen LogP contribution in [0.1, 0.15) is 29.6 Å². The van der Waals surface area contributed by atoms with Crippen molar-refractivity contribution < 1.29 is 14.3 Å². The Morgan fingerprint density at radius 3 is 3.00 bits per heavy atom. The van der Waals surface area contributed by atoms with E-state index in [0.29, 0.717) is 23.0 Å². The minimum atomic E-state index is -0.184. The molecule has 3 aliphatic rings. The molecule has 22 heavy (non-hydrogen) atoms. The number of hydrogen-bond donors (Lipinski definition) is 2. The molecular weight excluding hydrogens is 282 g/mol. The SMILES string of the molecule is O=C1COc2ccc(C(=O)N3C4CCNCC3CC4)cc2N1. The van der Waals surface area contributed by atoms with Crippen LogP contribution in [0.2, 0.25) is 0 Å². The average molecular weight is 301 g/mol. The number of anilines is 1. The van der Waals surface area contributed by atoms with E-state index >= 15 is 0 Å². The van der Waals surface area contributed by atoms with Crippen LogP contribution in [0.25, 0.3) is 0 Å². The quantitative estimate of drug-likeness (QED) is 0.811. The molecule has 2 amide bonds. The Morgan fingerprint density at radius 1 is 1.23 bits per heavy atom. The highest BCUT2D eigenvalue weighted by molar-refractivity contribution is 6.00. The van der Waals surface area contributed by atoms with Gasteiger partial charge in [-0.05, 0) is 44.0 Å². The maximum Gasteiger partial charge on any atom is 0.262 e. The van der Waals surface area contributed by atoms with Gasteiger partial charge >= 0.3 is 0 Å². The molecule has 0 radical (unpaired) electrons. The van der Waals surface area contributed by atoms with Gasteiger partial charge in [0.2, 0.25) is 0 Å². The lowest BCUT2D eigenvalue weighted by Gasteiger charge is -2.28. The number of carbonyl (C=O) groups excluding carboxylic acids is 2. The second-order valence-corrected chi connectivity index (χ2v) is 6.14. The van der Waals surface area contributed by atoms with E-state index in [9.17, 15) is 9.59 Å². The summed E-state index contributed by atoms with van der Waals surface area (Å²) in [7, 11) is 0. The second kappa shape index (κ2) is 5.28. The van der Waals surface area contributed by atoms with E-state index in [-0.39, 0.29) is 24.5 Å². The Kier molecular flexibility index (Phi) is 3.26. The summed E-state index contributed by atoms with van der Waals surface area (Å²) in [6.07, 6.45) is 3.16. The Labute approximate surface area is 128 Å². The summed E-state index contributed by atoms with van der Waals surface area (Å²) in [5.74, 6) is 0.492. The highest BCUT2D eigenvalue weighted by Gasteiger charge is 2.38. The van der Waals surface area contributed by atoms with Gasteiger partial charge in [0.05, 0.1) is 5.69 Å². The van der Waals surface area contributed by atoms with E-state index in [2.05, 4.69) is 10.6 Å². The molecule has 2 fully saturated rings. The maximum atomic E-state index is 12.9. The fraction of sp³-hybridized carbons (Fsp3) is 0.500. The number of nitrogens with zero attached hydrogens (tertiary/aromatic N) is 1. The van der Waals surface area contributed by atoms with Crippen molar-refractivity contribution in [1.29, 1.82) is 0 Å². The van der Waals surface area contributed by atoms with Gasteiger partial charge in [0.15, 0.2) is 6.61 Å². The topological polar surface area (TPSA) is 70.7 Å². The molecule has 6 heteroatoms. The fourth-order valence-electron chi connectivity index (χ4n) is 3.68. The molecule has 0 spiro atoms. The molecule has 0 saturated carbocycles. The maximum absolute atomic E-state index is 12.9. The zero-order valence-electron chi connectivity index (χ0n) is 12.3. The first-order chi connectivity index (χ1) is 10.7. The smallest absolute Gasteiger partial charge is 0.262 e. The molecule has 2 bridgehead atoms. The number of ether oxygens (including phenoxy) is 1.